The first-order valence-electron chi connectivity index (χ1n) is 13.7. The molecule has 4 bridgehead atoms. The Hall–Kier alpha value is -1.07. The van der Waals surface area contributed by atoms with Gasteiger partial charge in [0.1, 0.15) is 12.5 Å². The van der Waals surface area contributed by atoms with Crippen LogP contribution in [0.15, 0.2) is 18.2 Å². The Balaban J connectivity index is 1.66. The summed E-state index contributed by atoms with van der Waals surface area (Å²) in [6.07, 6.45) is 4.06. The molecule has 3 fully saturated rings. The van der Waals surface area contributed by atoms with Gasteiger partial charge < -0.3 is 9.84 Å². The smallest absolute Gasteiger partial charge is 0.216 e. The molecule has 2 heterocycles. The van der Waals surface area contributed by atoms with E-state index in [1.807, 2.05) is 0 Å². The van der Waals surface area contributed by atoms with E-state index in [1.54, 1.807) is 0 Å². The normalized spacial score (nSPS) is 33.9. The first-order valence-corrected chi connectivity index (χ1v) is 15.3. The van der Waals surface area contributed by atoms with Gasteiger partial charge in [-0.2, -0.15) is 4.72 Å². The van der Waals surface area contributed by atoms with Crippen molar-refractivity contribution < 1.29 is 18.3 Å². The number of β-amino-alcohol motifs (C(OH)–C–C–N with tert-alkyl or cyclic N) is 1. The molecule has 0 radical (unpaired) electrons. The summed E-state index contributed by atoms with van der Waals surface area (Å²) in [6, 6.07) is 6.42. The summed E-state index contributed by atoms with van der Waals surface area (Å²) in [5.74, 6) is 0.790. The third-order valence-corrected chi connectivity index (χ3v) is 10.0. The minimum Gasteiger partial charge on any atom is -0.395 e. The number of aliphatic hydroxyl groups excluding tert-OH is 1. The van der Waals surface area contributed by atoms with Crippen LogP contribution in [0.3, 0.4) is 0 Å². The summed E-state index contributed by atoms with van der Waals surface area (Å²) in [4.78, 5) is 2.35. The van der Waals surface area contributed by atoms with Crippen molar-refractivity contribution in [3.05, 3.63) is 34.9 Å². The lowest BCUT2D eigenvalue weighted by Gasteiger charge is -2.40. The van der Waals surface area contributed by atoms with E-state index >= 15 is 0 Å². The third kappa shape index (κ3) is 6.87. The van der Waals surface area contributed by atoms with Crippen LogP contribution in [0.4, 0.5) is 0 Å². The molecule has 9 heteroatoms. The Morgan fingerprint density at radius 1 is 1.14 bits per heavy atom. The Bertz CT molecular complexity index is 952. The molecule has 1 aromatic rings. The van der Waals surface area contributed by atoms with Gasteiger partial charge in [0.25, 0.3) is 0 Å². The number of hydrogen-bond acceptors (Lipinski definition) is 7. The molecule has 5 unspecified atom stereocenters. The van der Waals surface area contributed by atoms with Gasteiger partial charge in [-0.3, -0.25) is 15.5 Å². The fourth-order valence-electron chi connectivity index (χ4n) is 6.47. The molecule has 36 heavy (non-hydrogen) atoms. The molecular weight excluding hydrogens is 476 g/mol. The van der Waals surface area contributed by atoms with E-state index in [2.05, 4.69) is 66.1 Å². The zero-order valence-corrected chi connectivity index (χ0v) is 23.2. The number of rotatable bonds is 5. The second-order valence-electron chi connectivity index (χ2n) is 11.5. The van der Waals surface area contributed by atoms with Crippen LogP contribution in [0.2, 0.25) is 0 Å². The second-order valence-corrected chi connectivity index (χ2v) is 13.5. The first kappa shape index (κ1) is 28.0. The van der Waals surface area contributed by atoms with Gasteiger partial charge in [-0.25, -0.2) is 8.42 Å². The molecule has 4 rings (SSSR count). The van der Waals surface area contributed by atoms with E-state index in [1.165, 1.54) is 16.7 Å². The maximum atomic E-state index is 13.5. The first-order chi connectivity index (χ1) is 17.2. The molecule has 2 saturated heterocycles. The Labute approximate surface area is 217 Å². The van der Waals surface area contributed by atoms with Crippen molar-refractivity contribution in [1.82, 2.24) is 20.3 Å². The van der Waals surface area contributed by atoms with Gasteiger partial charge in [0, 0.05) is 31.6 Å². The van der Waals surface area contributed by atoms with Gasteiger partial charge in [-0.05, 0) is 68.1 Å². The van der Waals surface area contributed by atoms with Crippen LogP contribution in [0.1, 0.15) is 75.1 Å². The van der Waals surface area contributed by atoms with Gasteiger partial charge >= 0.3 is 0 Å². The van der Waals surface area contributed by atoms with Crippen LogP contribution in [0.25, 0.3) is 0 Å². The van der Waals surface area contributed by atoms with Crippen LogP contribution in [0, 0.1) is 25.7 Å². The molecule has 1 aliphatic carbocycles. The van der Waals surface area contributed by atoms with Crippen molar-refractivity contribution in [2.45, 2.75) is 96.1 Å². The number of benzene rings is 1. The molecule has 1 saturated carbocycles. The molecule has 2 aliphatic heterocycles. The molecular formula is C27H46N4O4S. The fourth-order valence-corrected chi connectivity index (χ4v) is 8.13. The number of fused-ring (bicyclic) bond motifs is 4. The molecule has 4 N–H and O–H groups in total. The Kier molecular flexibility index (Phi) is 9.47. The van der Waals surface area contributed by atoms with Crippen molar-refractivity contribution in [2.75, 3.05) is 26.3 Å². The SMILES string of the molecule is Cc1cccc(C)c1C1CC2NC(N1)NS(=O)(=O)C1CCCC(C1)CN(CCO)[C@H](CC(C)C)CO2. The van der Waals surface area contributed by atoms with Crippen molar-refractivity contribution in [3.8, 4) is 0 Å². The highest BCUT2D eigenvalue weighted by Gasteiger charge is 2.39. The van der Waals surface area contributed by atoms with Crippen molar-refractivity contribution in [3.63, 3.8) is 0 Å². The maximum Gasteiger partial charge on any atom is 0.216 e. The van der Waals surface area contributed by atoms with E-state index in [-0.39, 0.29) is 24.9 Å². The van der Waals surface area contributed by atoms with E-state index in [4.69, 9.17) is 4.74 Å². The number of ether oxygens (including phenoxy) is 1. The molecule has 6 atom stereocenters. The zero-order chi connectivity index (χ0) is 25.9. The van der Waals surface area contributed by atoms with Crippen LogP contribution in [-0.4, -0.2) is 68.5 Å². The predicted molar refractivity (Wildman–Crippen MR) is 143 cm³/mol. The Morgan fingerprint density at radius 3 is 2.58 bits per heavy atom. The fraction of sp³-hybridized carbons (Fsp3) is 0.778. The largest absolute Gasteiger partial charge is 0.395 e. The molecule has 0 amide bonds. The minimum absolute atomic E-state index is 0.0357. The van der Waals surface area contributed by atoms with E-state index in [9.17, 15) is 13.5 Å². The van der Waals surface area contributed by atoms with Crippen LogP contribution < -0.4 is 15.4 Å². The van der Waals surface area contributed by atoms with E-state index < -0.39 is 21.6 Å². The van der Waals surface area contributed by atoms with Gasteiger partial charge in [0.2, 0.25) is 10.0 Å². The number of aryl methyl sites for hydroxylation is 2. The third-order valence-electron chi connectivity index (χ3n) is 8.15. The molecule has 204 valence electrons. The van der Waals surface area contributed by atoms with Crippen LogP contribution in [-0.2, 0) is 14.8 Å². The number of hydrogen-bond donors (Lipinski definition) is 4. The van der Waals surface area contributed by atoms with Crippen molar-refractivity contribution in [2.24, 2.45) is 11.8 Å². The number of nitrogens with one attached hydrogen (secondary N) is 3. The van der Waals surface area contributed by atoms with Gasteiger partial charge in [0.05, 0.1) is 18.5 Å². The van der Waals surface area contributed by atoms with Crippen LogP contribution >= 0.6 is 0 Å². The molecule has 1 aromatic carbocycles. The van der Waals surface area contributed by atoms with Gasteiger partial charge in [0.15, 0.2) is 0 Å². The number of nitrogens with zero attached hydrogens (tertiary/aromatic N) is 1. The molecule has 0 aromatic heterocycles. The van der Waals surface area contributed by atoms with E-state index in [0.29, 0.717) is 44.2 Å². The summed E-state index contributed by atoms with van der Waals surface area (Å²) in [6.45, 7) is 10.7. The Morgan fingerprint density at radius 2 is 1.89 bits per heavy atom. The standard InChI is InChI=1S/C27H46N4O4S/c1-18(2)13-22-17-35-25-15-24(26-19(3)7-5-8-20(26)4)28-27(29-25)30-36(33,34)23-10-6-9-21(14-23)16-31(22)11-12-32/h5,7-8,18,21-25,27-30,32H,6,9-17H2,1-4H3/t21?,22-,23?,24?,25?,27?/m1/s1. The van der Waals surface area contributed by atoms with Crippen molar-refractivity contribution >= 4 is 10.0 Å². The average molecular weight is 523 g/mol. The summed E-state index contributed by atoms with van der Waals surface area (Å²) in [5.41, 5.74) is 3.59. The van der Waals surface area contributed by atoms with Gasteiger partial charge in [-0.1, -0.05) is 38.5 Å². The lowest BCUT2D eigenvalue weighted by atomic mass is 9.88. The summed E-state index contributed by atoms with van der Waals surface area (Å²) in [7, 11) is -3.53. The highest BCUT2D eigenvalue weighted by atomic mass is 32.2. The lowest BCUT2D eigenvalue weighted by Crippen LogP contribution is -2.64. The quantitative estimate of drug-likeness (QED) is 0.472. The summed E-state index contributed by atoms with van der Waals surface area (Å²) >= 11 is 0. The zero-order valence-electron chi connectivity index (χ0n) is 22.4. The second kappa shape index (κ2) is 12.2. The summed E-state index contributed by atoms with van der Waals surface area (Å²) in [5, 5.41) is 16.4. The van der Waals surface area contributed by atoms with Crippen LogP contribution in [0.5, 0.6) is 0 Å². The monoisotopic (exact) mass is 522 g/mol. The topological polar surface area (TPSA) is 103 Å². The number of aliphatic hydroxyl groups is 1. The lowest BCUT2D eigenvalue weighted by molar-refractivity contribution is -0.0486. The molecule has 0 spiro atoms. The average Bonchev–Trinajstić information content (AvgIpc) is 2.81. The van der Waals surface area contributed by atoms with Gasteiger partial charge in [-0.15, -0.1) is 0 Å². The predicted octanol–water partition coefficient (Wildman–Crippen LogP) is 2.75. The summed E-state index contributed by atoms with van der Waals surface area (Å²) < 4.78 is 36.5. The number of sulfonamides is 1. The van der Waals surface area contributed by atoms with Crippen molar-refractivity contribution in [1.29, 1.82) is 0 Å². The highest BCUT2D eigenvalue weighted by molar-refractivity contribution is 7.90. The molecule has 3 aliphatic rings. The van der Waals surface area contributed by atoms with E-state index in [0.717, 1.165) is 25.8 Å². The minimum atomic E-state index is -3.53. The molecule has 8 nitrogen and oxygen atoms in total. The highest BCUT2D eigenvalue weighted by Crippen LogP contribution is 2.32. The maximum absolute atomic E-state index is 13.5.